The van der Waals surface area contributed by atoms with Crippen LogP contribution in [0.25, 0.3) is 0 Å². The number of rotatable bonds is 4. The molecule has 1 atom stereocenters. The zero-order valence-corrected chi connectivity index (χ0v) is 18.1. The molecule has 0 N–H and O–H groups in total. The predicted octanol–water partition coefficient (Wildman–Crippen LogP) is 3.46. The second kappa shape index (κ2) is 7.81. The molecule has 0 amide bonds. The van der Waals surface area contributed by atoms with Crippen LogP contribution in [-0.2, 0) is 13.0 Å². The molecule has 3 heterocycles. The first kappa shape index (κ1) is 19.8. The van der Waals surface area contributed by atoms with Gasteiger partial charge in [-0.1, -0.05) is 23.7 Å². The van der Waals surface area contributed by atoms with E-state index in [2.05, 4.69) is 10.00 Å². The zero-order valence-electron chi connectivity index (χ0n) is 17.3. The molecular formula is C23H22ClN3O4. The van der Waals surface area contributed by atoms with Crippen molar-refractivity contribution in [2.45, 2.75) is 19.0 Å². The molecule has 3 aromatic rings. The van der Waals surface area contributed by atoms with Gasteiger partial charge < -0.3 is 19.1 Å². The van der Waals surface area contributed by atoms with Crippen molar-refractivity contribution in [3.63, 3.8) is 0 Å². The number of hydrogen-bond acceptors (Lipinski definition) is 6. The number of anilines is 1. The molecule has 2 aromatic carbocycles. The second-order valence-corrected chi connectivity index (χ2v) is 8.06. The number of methoxy groups -OCH3 is 2. The molecule has 0 bridgehead atoms. The maximum Gasteiger partial charge on any atom is 0.311 e. The molecule has 5 rings (SSSR count). The third-order valence-corrected chi connectivity index (χ3v) is 6.18. The number of fused-ring (bicyclic) bond motifs is 5. The van der Waals surface area contributed by atoms with Gasteiger partial charge in [-0.2, -0.15) is 5.10 Å². The summed E-state index contributed by atoms with van der Waals surface area (Å²) in [5.74, 6) is 1.76. The van der Waals surface area contributed by atoms with Crippen molar-refractivity contribution in [1.29, 1.82) is 0 Å². The van der Waals surface area contributed by atoms with Gasteiger partial charge >= 0.3 is 5.56 Å². The number of halogens is 1. The van der Waals surface area contributed by atoms with E-state index in [4.69, 9.17) is 25.8 Å². The summed E-state index contributed by atoms with van der Waals surface area (Å²) in [4.78, 5) is 15.3. The minimum absolute atomic E-state index is 0.00984. The lowest BCUT2D eigenvalue weighted by Crippen LogP contribution is -2.44. The first-order chi connectivity index (χ1) is 15.1. The fraction of sp³-hybridized carbons (Fsp3) is 0.304. The Balaban J connectivity index is 1.48. The Labute approximate surface area is 184 Å². The highest BCUT2D eigenvalue weighted by Crippen LogP contribution is 2.43. The molecule has 0 fully saturated rings. The Hall–Kier alpha value is -3.19. The van der Waals surface area contributed by atoms with Gasteiger partial charge in [-0.05, 0) is 47.4 Å². The quantitative estimate of drug-likeness (QED) is 0.620. The van der Waals surface area contributed by atoms with Crippen LogP contribution in [0.5, 0.6) is 17.2 Å². The van der Waals surface area contributed by atoms with Crippen LogP contribution >= 0.6 is 11.6 Å². The zero-order chi connectivity index (χ0) is 21.5. The molecule has 0 aliphatic carbocycles. The second-order valence-electron chi connectivity index (χ2n) is 7.62. The van der Waals surface area contributed by atoms with Crippen LogP contribution in [0.4, 0.5) is 5.69 Å². The first-order valence-corrected chi connectivity index (χ1v) is 10.5. The van der Waals surface area contributed by atoms with Crippen LogP contribution in [0.1, 0.15) is 22.7 Å². The van der Waals surface area contributed by atoms with Crippen LogP contribution in [0, 0.1) is 0 Å². The van der Waals surface area contributed by atoms with Crippen molar-refractivity contribution in [3.8, 4) is 17.2 Å². The van der Waals surface area contributed by atoms with Crippen LogP contribution in [0.15, 0.2) is 47.4 Å². The summed E-state index contributed by atoms with van der Waals surface area (Å²) in [5, 5.41) is 5.08. The fourth-order valence-electron chi connectivity index (χ4n) is 4.34. The third-order valence-electron chi connectivity index (χ3n) is 5.92. The van der Waals surface area contributed by atoms with Gasteiger partial charge in [0.1, 0.15) is 12.3 Å². The molecule has 7 nitrogen and oxygen atoms in total. The average molecular weight is 440 g/mol. The van der Waals surface area contributed by atoms with E-state index >= 15 is 0 Å². The lowest BCUT2D eigenvalue weighted by atomic mass is 9.91. The van der Waals surface area contributed by atoms with E-state index in [9.17, 15) is 4.79 Å². The van der Waals surface area contributed by atoms with Crippen LogP contribution in [-0.4, -0.2) is 37.2 Å². The van der Waals surface area contributed by atoms with Crippen molar-refractivity contribution in [1.82, 2.24) is 9.78 Å². The normalized spacial score (nSPS) is 16.6. The Morgan fingerprint density at radius 2 is 1.90 bits per heavy atom. The van der Waals surface area contributed by atoms with Gasteiger partial charge in [-0.25, -0.2) is 4.68 Å². The largest absolute Gasteiger partial charge is 0.493 e. The van der Waals surface area contributed by atoms with E-state index in [-0.39, 0.29) is 11.6 Å². The van der Waals surface area contributed by atoms with Crippen molar-refractivity contribution < 1.29 is 14.2 Å². The van der Waals surface area contributed by atoms with Crippen molar-refractivity contribution in [2.75, 3.05) is 32.3 Å². The van der Waals surface area contributed by atoms with Gasteiger partial charge in [0.05, 0.1) is 33.0 Å². The highest BCUT2D eigenvalue weighted by molar-refractivity contribution is 6.30. The smallest absolute Gasteiger partial charge is 0.311 e. The molecule has 1 unspecified atom stereocenters. The molecule has 0 spiro atoms. The molecule has 8 heteroatoms. The van der Waals surface area contributed by atoms with E-state index in [1.807, 2.05) is 24.3 Å². The standard InChI is InChI=1S/C23H22ClN3O4/c1-29-20-9-15-7-8-26-18-11-25-27(12-14-3-5-16(24)6-4-14)23(28)22(18)31-13-19(26)17(15)10-21(20)30-2/h3-6,9-11,19H,7-8,12-13H2,1-2H3. The van der Waals surface area contributed by atoms with Crippen LogP contribution in [0.2, 0.25) is 5.02 Å². The summed E-state index contributed by atoms with van der Waals surface area (Å²) in [6.07, 6.45) is 2.56. The van der Waals surface area contributed by atoms with Crippen LogP contribution in [0.3, 0.4) is 0 Å². The summed E-state index contributed by atoms with van der Waals surface area (Å²) in [5.41, 5.74) is 3.77. The minimum Gasteiger partial charge on any atom is -0.493 e. The number of benzene rings is 2. The monoisotopic (exact) mass is 439 g/mol. The summed E-state index contributed by atoms with van der Waals surface area (Å²) >= 11 is 5.95. The molecule has 160 valence electrons. The molecule has 1 aromatic heterocycles. The first-order valence-electron chi connectivity index (χ1n) is 10.1. The Morgan fingerprint density at radius 3 is 2.65 bits per heavy atom. The molecular weight excluding hydrogens is 418 g/mol. The highest BCUT2D eigenvalue weighted by Gasteiger charge is 2.36. The van der Waals surface area contributed by atoms with Crippen LogP contribution < -0.4 is 24.7 Å². The fourth-order valence-corrected chi connectivity index (χ4v) is 4.46. The number of aromatic nitrogens is 2. The highest BCUT2D eigenvalue weighted by atomic mass is 35.5. The summed E-state index contributed by atoms with van der Waals surface area (Å²) in [6.45, 7) is 1.51. The molecule has 2 aliphatic rings. The average Bonchev–Trinajstić information content (AvgIpc) is 2.80. The Kier molecular flexibility index (Phi) is 4.98. The lowest BCUT2D eigenvalue weighted by Gasteiger charge is -2.42. The van der Waals surface area contributed by atoms with Gasteiger partial charge in [0.25, 0.3) is 0 Å². The van der Waals surface area contributed by atoms with Crippen molar-refractivity contribution >= 4 is 17.3 Å². The summed E-state index contributed by atoms with van der Waals surface area (Å²) < 4.78 is 18.4. The van der Waals surface area contributed by atoms with E-state index in [0.717, 1.165) is 35.5 Å². The predicted molar refractivity (Wildman–Crippen MR) is 118 cm³/mol. The van der Waals surface area contributed by atoms with E-state index in [0.29, 0.717) is 29.7 Å². The summed E-state index contributed by atoms with van der Waals surface area (Å²) in [7, 11) is 3.27. The lowest BCUT2D eigenvalue weighted by molar-refractivity contribution is 0.251. The Bertz CT molecular complexity index is 1190. The molecule has 0 saturated heterocycles. The van der Waals surface area contributed by atoms with Gasteiger partial charge in [0.2, 0.25) is 5.75 Å². The molecule has 0 radical (unpaired) electrons. The SMILES string of the molecule is COc1cc2c(cc1OC)C1COc3c(cnn(Cc4ccc(Cl)cc4)c3=O)N1CC2. The molecule has 31 heavy (non-hydrogen) atoms. The number of ether oxygens (including phenoxy) is 3. The van der Waals surface area contributed by atoms with Crippen molar-refractivity contribution in [2.24, 2.45) is 0 Å². The van der Waals surface area contributed by atoms with Crippen molar-refractivity contribution in [3.05, 3.63) is 74.7 Å². The van der Waals surface area contributed by atoms with Gasteiger partial charge in [-0.3, -0.25) is 4.79 Å². The van der Waals surface area contributed by atoms with Gasteiger partial charge in [0.15, 0.2) is 11.5 Å². The van der Waals surface area contributed by atoms with E-state index in [1.165, 1.54) is 10.2 Å². The molecule has 2 aliphatic heterocycles. The summed E-state index contributed by atoms with van der Waals surface area (Å²) in [6, 6.07) is 11.4. The topological polar surface area (TPSA) is 65.8 Å². The minimum atomic E-state index is -0.232. The van der Waals surface area contributed by atoms with Gasteiger partial charge in [0, 0.05) is 11.6 Å². The van der Waals surface area contributed by atoms with E-state index < -0.39 is 0 Å². The Morgan fingerprint density at radius 1 is 1.16 bits per heavy atom. The maximum atomic E-state index is 13.1. The van der Waals surface area contributed by atoms with Gasteiger partial charge in [-0.15, -0.1) is 0 Å². The number of nitrogens with zero attached hydrogens (tertiary/aromatic N) is 3. The maximum absolute atomic E-state index is 13.1. The van der Waals surface area contributed by atoms with E-state index in [1.54, 1.807) is 32.5 Å². The molecule has 0 saturated carbocycles. The third kappa shape index (κ3) is 3.39. The number of hydrogen-bond donors (Lipinski definition) is 0.